The van der Waals surface area contributed by atoms with Gasteiger partial charge in [0.15, 0.2) is 6.71 Å². The van der Waals surface area contributed by atoms with Crippen molar-refractivity contribution in [2.24, 2.45) is 34.5 Å². The van der Waals surface area contributed by atoms with Gasteiger partial charge < -0.3 is 10.6 Å². The van der Waals surface area contributed by atoms with Crippen LogP contribution < -0.4 is 10.6 Å². The van der Waals surface area contributed by atoms with Crippen molar-refractivity contribution in [1.29, 1.82) is 0 Å². The van der Waals surface area contributed by atoms with E-state index in [2.05, 4.69) is 45.3 Å². The Morgan fingerprint density at radius 1 is 0.975 bits per heavy atom. The van der Waals surface area contributed by atoms with Gasteiger partial charge in [-0.15, -0.1) is 0 Å². The van der Waals surface area contributed by atoms with Gasteiger partial charge in [-0.3, -0.25) is 9.59 Å². The second kappa shape index (κ2) is 11.3. The van der Waals surface area contributed by atoms with Crippen molar-refractivity contribution in [3.8, 4) is 0 Å². The molecule has 1 aliphatic heterocycles. The Balaban J connectivity index is 1.31. The van der Waals surface area contributed by atoms with E-state index in [1.54, 1.807) is 12.1 Å². The van der Waals surface area contributed by atoms with Crippen LogP contribution in [0, 0.1) is 40.3 Å². The molecule has 1 saturated heterocycles. The summed E-state index contributed by atoms with van der Waals surface area (Å²) in [4.78, 5) is 27.0. The van der Waals surface area contributed by atoms with Gasteiger partial charge in [-0.2, -0.15) is 0 Å². The van der Waals surface area contributed by atoms with Crippen molar-refractivity contribution >= 4 is 18.5 Å². The summed E-state index contributed by atoms with van der Waals surface area (Å²) in [7, 11) is 0. The molecule has 2 aromatic carbocycles. The van der Waals surface area contributed by atoms with Crippen LogP contribution in [0.25, 0.3) is 0 Å². The zero-order valence-electron chi connectivity index (χ0n) is 24.9. The molecule has 214 valence electrons. The molecular formula is C34H46BFN2O2. The monoisotopic (exact) mass is 544 g/mol. The van der Waals surface area contributed by atoms with Crippen LogP contribution in [0.1, 0.15) is 65.0 Å². The zero-order valence-corrected chi connectivity index (χ0v) is 24.9. The molecule has 4 nitrogen and oxygen atoms in total. The molecule has 6 heteroatoms. The van der Waals surface area contributed by atoms with E-state index < -0.39 is 6.04 Å². The molecule has 40 heavy (non-hydrogen) atoms. The van der Waals surface area contributed by atoms with E-state index in [1.807, 2.05) is 30.3 Å². The predicted molar refractivity (Wildman–Crippen MR) is 161 cm³/mol. The van der Waals surface area contributed by atoms with Gasteiger partial charge in [0.05, 0.1) is 6.42 Å². The first-order valence-corrected chi connectivity index (χ1v) is 15.3. The lowest BCUT2D eigenvalue weighted by Gasteiger charge is -2.66. The molecule has 6 rings (SSSR count). The fourth-order valence-corrected chi connectivity index (χ4v) is 8.72. The number of nitrogens with one attached hydrogen (secondary N) is 2. The maximum absolute atomic E-state index is 13.9. The topological polar surface area (TPSA) is 58.2 Å². The molecule has 0 aromatic heterocycles. The third kappa shape index (κ3) is 5.87. The largest absolute Gasteiger partial charge is 0.359 e. The van der Waals surface area contributed by atoms with Gasteiger partial charge >= 0.3 is 0 Å². The van der Waals surface area contributed by atoms with Gasteiger partial charge in [-0.1, -0.05) is 89.7 Å². The van der Waals surface area contributed by atoms with Gasteiger partial charge in [0.2, 0.25) is 11.8 Å². The van der Waals surface area contributed by atoms with Crippen molar-refractivity contribution in [1.82, 2.24) is 10.6 Å². The minimum Gasteiger partial charge on any atom is -0.359 e. The highest BCUT2D eigenvalue weighted by Crippen LogP contribution is 2.72. The second-order valence-corrected chi connectivity index (χ2v) is 14.3. The van der Waals surface area contributed by atoms with Crippen molar-refractivity contribution in [2.45, 2.75) is 91.3 Å². The van der Waals surface area contributed by atoms with Gasteiger partial charge in [-0.25, -0.2) is 4.39 Å². The number of carbonyl (C=O) groups excluding carboxylic acids is 2. The summed E-state index contributed by atoms with van der Waals surface area (Å²) < 4.78 is 13.7. The van der Waals surface area contributed by atoms with Gasteiger partial charge in [0.1, 0.15) is 11.9 Å². The molecular weight excluding hydrogens is 498 g/mol. The molecule has 0 radical (unpaired) electrons. The number of hydrogen-bond donors (Lipinski definition) is 2. The summed E-state index contributed by atoms with van der Waals surface area (Å²) in [6, 6.07) is 15.2. The Morgan fingerprint density at radius 3 is 2.38 bits per heavy atom. The minimum absolute atomic E-state index is 0.0345. The molecule has 2 bridgehead atoms. The van der Waals surface area contributed by atoms with E-state index >= 15 is 0 Å². The zero-order chi connectivity index (χ0) is 28.7. The fraction of sp³-hybridized carbons (Fsp3) is 0.588. The average Bonchev–Trinajstić information content (AvgIpc) is 3.25. The number of carbonyl (C=O) groups is 2. The summed E-state index contributed by atoms with van der Waals surface area (Å²) in [5.74, 6) is 2.15. The molecule has 0 unspecified atom stereocenters. The van der Waals surface area contributed by atoms with Gasteiger partial charge in [0, 0.05) is 12.4 Å². The third-order valence-corrected chi connectivity index (χ3v) is 10.9. The van der Waals surface area contributed by atoms with Crippen molar-refractivity contribution in [3.05, 3.63) is 71.5 Å². The van der Waals surface area contributed by atoms with E-state index in [-0.39, 0.29) is 30.0 Å². The average molecular weight is 545 g/mol. The number of amides is 2. The molecule has 2 aromatic rings. The summed E-state index contributed by atoms with van der Waals surface area (Å²) in [6.45, 7) is 12.4. The maximum Gasteiger partial charge on any atom is 0.242 e. The number of benzene rings is 2. The van der Waals surface area contributed by atoms with Gasteiger partial charge in [0.25, 0.3) is 0 Å². The first-order valence-electron chi connectivity index (χ1n) is 15.3. The number of rotatable bonds is 10. The number of hydrogen-bond acceptors (Lipinski definition) is 2. The van der Waals surface area contributed by atoms with E-state index in [0.29, 0.717) is 35.4 Å². The second-order valence-electron chi connectivity index (χ2n) is 14.3. The van der Waals surface area contributed by atoms with E-state index in [0.717, 1.165) is 29.7 Å². The molecule has 4 fully saturated rings. The summed E-state index contributed by atoms with van der Waals surface area (Å²) >= 11 is 0. The molecule has 3 aliphatic carbocycles. The van der Waals surface area contributed by atoms with Crippen molar-refractivity contribution < 1.29 is 14.0 Å². The highest BCUT2D eigenvalue weighted by Gasteiger charge is 2.66. The van der Waals surface area contributed by atoms with Crippen LogP contribution >= 0.6 is 0 Å². The van der Waals surface area contributed by atoms with Crippen LogP contribution in [-0.4, -0.2) is 30.5 Å². The Kier molecular flexibility index (Phi) is 8.18. The molecule has 2 N–H and O–H groups in total. The lowest BCUT2D eigenvalue weighted by Crippen LogP contribution is -2.59. The van der Waals surface area contributed by atoms with Crippen LogP contribution in [0.5, 0.6) is 0 Å². The first kappa shape index (κ1) is 28.9. The van der Waals surface area contributed by atoms with Crippen LogP contribution in [-0.2, 0) is 22.4 Å². The Hall–Kier alpha value is -2.63. The first-order chi connectivity index (χ1) is 19.0. The van der Waals surface area contributed by atoms with Crippen LogP contribution in [0.4, 0.5) is 4.39 Å². The Morgan fingerprint density at radius 2 is 1.70 bits per heavy atom. The molecule has 0 spiro atoms. The van der Waals surface area contributed by atoms with Crippen LogP contribution in [0.3, 0.4) is 0 Å². The lowest BCUT2D eigenvalue weighted by molar-refractivity contribution is -0.165. The summed E-state index contributed by atoms with van der Waals surface area (Å²) in [6.07, 6.45) is 6.44. The van der Waals surface area contributed by atoms with Crippen LogP contribution in [0.2, 0.25) is 12.6 Å². The highest BCUT2D eigenvalue weighted by atomic mass is 19.1. The summed E-state index contributed by atoms with van der Waals surface area (Å²) in [5.41, 5.74) is 2.38. The van der Waals surface area contributed by atoms with Crippen molar-refractivity contribution in [3.63, 3.8) is 0 Å². The molecule has 1 heterocycles. The Labute approximate surface area is 240 Å². The SMILES string of the molecule is CC(C)C[C@H](NC(=O)[C@H](Cc1ccccc1)NC(=O)Cc1cccc(F)c1)B1C[C@@H]2C[C@H]3C[C@H](C3(C)C)[C@]2(C)C1. The van der Waals surface area contributed by atoms with Crippen molar-refractivity contribution in [2.75, 3.05) is 0 Å². The van der Waals surface area contributed by atoms with E-state index in [1.165, 1.54) is 37.6 Å². The normalized spacial score (nSPS) is 27.9. The predicted octanol–water partition coefficient (Wildman–Crippen LogP) is 6.36. The Bertz CT molecular complexity index is 1220. The van der Waals surface area contributed by atoms with Crippen LogP contribution in [0.15, 0.2) is 54.6 Å². The number of halogens is 1. The summed E-state index contributed by atoms with van der Waals surface area (Å²) in [5, 5.41) is 6.44. The smallest absolute Gasteiger partial charge is 0.242 e. The molecule has 6 atom stereocenters. The molecule has 4 aliphatic rings. The fourth-order valence-electron chi connectivity index (χ4n) is 8.72. The molecule has 3 saturated carbocycles. The van der Waals surface area contributed by atoms with Gasteiger partial charge in [-0.05, 0) is 77.0 Å². The minimum atomic E-state index is -0.691. The standard InChI is InChI=1S/C34H46BFN2O2/c1-22(2)14-30(35-20-26-18-25-19-29(33(25,3)4)34(26,5)21-35)38-32(40)28(16-23-10-7-6-8-11-23)37-31(39)17-24-12-9-13-27(36)15-24/h6-13,15,22,25-26,28-30H,14,16-21H2,1-5H3,(H,37,39)(H,38,40)/t25-,26-,28-,29+,30-,34+/m0/s1. The van der Waals surface area contributed by atoms with E-state index in [9.17, 15) is 14.0 Å². The van der Waals surface area contributed by atoms with E-state index in [4.69, 9.17) is 0 Å². The quantitative estimate of drug-likeness (QED) is 0.342. The third-order valence-electron chi connectivity index (χ3n) is 10.9. The lowest BCUT2D eigenvalue weighted by atomic mass is 9.37. The molecule has 2 amide bonds. The highest BCUT2D eigenvalue weighted by molar-refractivity contribution is 6.62. The maximum atomic E-state index is 13.9.